The highest BCUT2D eigenvalue weighted by Crippen LogP contribution is 2.27. The van der Waals surface area contributed by atoms with Crippen LogP contribution in [0.1, 0.15) is 74.2 Å². The lowest BCUT2D eigenvalue weighted by Crippen LogP contribution is -2.28. The van der Waals surface area contributed by atoms with E-state index in [4.69, 9.17) is 4.42 Å². The van der Waals surface area contributed by atoms with Gasteiger partial charge in [-0.1, -0.05) is 0 Å². The summed E-state index contributed by atoms with van der Waals surface area (Å²) in [7, 11) is -3.64. The number of hydrogen-bond acceptors (Lipinski definition) is 5. The molecule has 1 atom stereocenters. The number of aryl methyl sites for hydroxylation is 2. The predicted octanol–water partition coefficient (Wildman–Crippen LogP) is 3.12. The van der Waals surface area contributed by atoms with E-state index >= 15 is 0 Å². The van der Waals surface area contributed by atoms with Crippen molar-refractivity contribution in [1.29, 1.82) is 0 Å². The molecule has 9 heteroatoms. The quantitative estimate of drug-likeness (QED) is 0.798. The van der Waals surface area contributed by atoms with Crippen LogP contribution in [0.2, 0.25) is 0 Å². The molecule has 1 saturated heterocycles. The van der Waals surface area contributed by atoms with E-state index in [2.05, 4.69) is 31.2 Å². The molecule has 0 unspecified atom stereocenters. The number of amides is 1. The highest BCUT2D eigenvalue weighted by atomic mass is 32.2. The molecule has 0 aromatic carbocycles. The van der Waals surface area contributed by atoms with E-state index in [1.807, 2.05) is 24.7 Å². The standard InChI is InChI=1S/C20H30N4O4S/c1-13(16-12-24(20(4,5)6)22-14(16)2)21-19(25)17-11-18(15(3)28-17)29(26,27)23-9-7-8-10-23/h11-13H,7-10H2,1-6H3,(H,21,25)/t13-/m1/s1. The molecule has 2 aromatic heterocycles. The molecule has 1 N–H and O–H groups in total. The Morgan fingerprint density at radius 3 is 2.41 bits per heavy atom. The van der Waals surface area contributed by atoms with Crippen molar-refractivity contribution in [2.75, 3.05) is 13.1 Å². The minimum atomic E-state index is -3.64. The van der Waals surface area contributed by atoms with Crippen LogP contribution in [0.5, 0.6) is 0 Å². The van der Waals surface area contributed by atoms with Gasteiger partial charge in [0, 0.05) is 30.9 Å². The fraction of sp³-hybridized carbons (Fsp3) is 0.600. The Hall–Kier alpha value is -2.13. The molecular formula is C20H30N4O4S. The molecule has 0 saturated carbocycles. The molecule has 1 aliphatic rings. The second-order valence-corrected chi connectivity index (χ2v) is 10.5. The summed E-state index contributed by atoms with van der Waals surface area (Å²) < 4.78 is 34.4. The van der Waals surface area contributed by atoms with Gasteiger partial charge in [-0.2, -0.15) is 9.40 Å². The lowest BCUT2D eigenvalue weighted by atomic mass is 10.1. The Balaban J connectivity index is 1.79. The second-order valence-electron chi connectivity index (χ2n) is 8.62. The third-order valence-electron chi connectivity index (χ3n) is 5.22. The summed E-state index contributed by atoms with van der Waals surface area (Å²) in [5.41, 5.74) is 1.58. The monoisotopic (exact) mass is 422 g/mol. The highest BCUT2D eigenvalue weighted by molar-refractivity contribution is 7.89. The molecule has 0 radical (unpaired) electrons. The summed E-state index contributed by atoms with van der Waals surface area (Å²) >= 11 is 0. The lowest BCUT2D eigenvalue weighted by molar-refractivity contribution is 0.0910. The Labute approximate surface area is 172 Å². The second kappa shape index (κ2) is 7.60. The van der Waals surface area contributed by atoms with Gasteiger partial charge in [0.1, 0.15) is 10.7 Å². The normalized spacial score (nSPS) is 16.9. The zero-order chi connectivity index (χ0) is 21.6. The summed E-state index contributed by atoms with van der Waals surface area (Å²) in [6.07, 6.45) is 3.63. The summed E-state index contributed by atoms with van der Waals surface area (Å²) in [6, 6.07) is 1.03. The number of aromatic nitrogens is 2. The zero-order valence-electron chi connectivity index (χ0n) is 17.9. The van der Waals surface area contributed by atoms with Crippen LogP contribution in [0.4, 0.5) is 0 Å². The molecule has 0 spiro atoms. The van der Waals surface area contributed by atoms with E-state index in [0.29, 0.717) is 13.1 Å². The maximum absolute atomic E-state index is 12.8. The first-order valence-electron chi connectivity index (χ1n) is 9.89. The average molecular weight is 423 g/mol. The Kier molecular flexibility index (Phi) is 5.66. The SMILES string of the molecule is Cc1nn(C(C)(C)C)cc1[C@@H](C)NC(=O)c1cc(S(=O)(=O)N2CCCC2)c(C)o1. The van der Waals surface area contributed by atoms with Crippen molar-refractivity contribution in [1.82, 2.24) is 19.4 Å². The summed E-state index contributed by atoms with van der Waals surface area (Å²) in [5.74, 6) is -0.231. The van der Waals surface area contributed by atoms with Crippen LogP contribution in [0.25, 0.3) is 0 Å². The van der Waals surface area contributed by atoms with Crippen LogP contribution in [-0.4, -0.2) is 41.5 Å². The van der Waals surface area contributed by atoms with E-state index in [1.165, 1.54) is 10.4 Å². The van der Waals surface area contributed by atoms with E-state index in [1.54, 1.807) is 6.92 Å². The van der Waals surface area contributed by atoms with Crippen molar-refractivity contribution in [2.45, 2.75) is 70.9 Å². The number of nitrogens with one attached hydrogen (secondary N) is 1. The number of hydrogen-bond donors (Lipinski definition) is 1. The maximum Gasteiger partial charge on any atom is 0.287 e. The van der Waals surface area contributed by atoms with E-state index in [9.17, 15) is 13.2 Å². The van der Waals surface area contributed by atoms with Crippen molar-refractivity contribution >= 4 is 15.9 Å². The molecule has 1 fully saturated rings. The lowest BCUT2D eigenvalue weighted by Gasteiger charge is -2.19. The molecule has 0 aliphatic carbocycles. The molecule has 2 aromatic rings. The topological polar surface area (TPSA) is 97.4 Å². The molecule has 3 rings (SSSR count). The number of furan rings is 1. The first kappa shape index (κ1) is 21.6. The van der Waals surface area contributed by atoms with Gasteiger partial charge < -0.3 is 9.73 Å². The van der Waals surface area contributed by atoms with Crippen molar-refractivity contribution in [3.05, 3.63) is 35.0 Å². The summed E-state index contributed by atoms with van der Waals surface area (Å²) in [4.78, 5) is 12.8. The fourth-order valence-electron chi connectivity index (χ4n) is 3.49. The minimum Gasteiger partial charge on any atom is -0.455 e. The number of carbonyl (C=O) groups excluding carboxylic acids is 1. The van der Waals surface area contributed by atoms with Gasteiger partial charge in [0.25, 0.3) is 5.91 Å². The van der Waals surface area contributed by atoms with Crippen LogP contribution < -0.4 is 5.32 Å². The number of carbonyl (C=O) groups is 1. The van der Waals surface area contributed by atoms with Crippen molar-refractivity contribution in [3.63, 3.8) is 0 Å². The predicted molar refractivity (Wildman–Crippen MR) is 109 cm³/mol. The molecule has 3 heterocycles. The third kappa shape index (κ3) is 4.25. The fourth-order valence-corrected chi connectivity index (χ4v) is 5.17. The Morgan fingerprint density at radius 1 is 1.24 bits per heavy atom. The van der Waals surface area contributed by atoms with Crippen molar-refractivity contribution < 1.29 is 17.6 Å². The van der Waals surface area contributed by atoms with Crippen LogP contribution in [0, 0.1) is 13.8 Å². The highest BCUT2D eigenvalue weighted by Gasteiger charge is 2.32. The van der Waals surface area contributed by atoms with Gasteiger partial charge >= 0.3 is 0 Å². The van der Waals surface area contributed by atoms with Crippen LogP contribution in [0.3, 0.4) is 0 Å². The van der Waals surface area contributed by atoms with E-state index in [0.717, 1.165) is 24.1 Å². The first-order valence-corrected chi connectivity index (χ1v) is 11.3. The van der Waals surface area contributed by atoms with Gasteiger partial charge in [0.2, 0.25) is 10.0 Å². The number of sulfonamides is 1. The number of rotatable bonds is 5. The van der Waals surface area contributed by atoms with Gasteiger partial charge in [-0.05, 0) is 54.4 Å². The first-order chi connectivity index (χ1) is 13.4. The average Bonchev–Trinajstić information content (AvgIpc) is 3.32. The molecule has 1 aliphatic heterocycles. The summed E-state index contributed by atoms with van der Waals surface area (Å²) in [5, 5.41) is 7.42. The van der Waals surface area contributed by atoms with Gasteiger partial charge in [-0.25, -0.2) is 8.42 Å². The van der Waals surface area contributed by atoms with Crippen LogP contribution >= 0.6 is 0 Å². The molecule has 1 amide bonds. The maximum atomic E-state index is 12.8. The van der Waals surface area contributed by atoms with Gasteiger partial charge in [0.05, 0.1) is 17.3 Å². The smallest absolute Gasteiger partial charge is 0.287 e. The van der Waals surface area contributed by atoms with Gasteiger partial charge in [0.15, 0.2) is 5.76 Å². The van der Waals surface area contributed by atoms with Crippen molar-refractivity contribution in [2.24, 2.45) is 0 Å². The van der Waals surface area contributed by atoms with Crippen LogP contribution in [0.15, 0.2) is 21.6 Å². The molecule has 0 bridgehead atoms. The van der Waals surface area contributed by atoms with Crippen molar-refractivity contribution in [3.8, 4) is 0 Å². The minimum absolute atomic E-state index is 0.00649. The largest absolute Gasteiger partial charge is 0.455 e. The number of nitrogens with zero attached hydrogens (tertiary/aromatic N) is 3. The Bertz CT molecular complexity index is 1010. The molecule has 8 nitrogen and oxygen atoms in total. The van der Waals surface area contributed by atoms with E-state index in [-0.39, 0.29) is 28.0 Å². The Morgan fingerprint density at radius 2 is 1.86 bits per heavy atom. The molecule has 29 heavy (non-hydrogen) atoms. The van der Waals surface area contributed by atoms with E-state index < -0.39 is 15.9 Å². The molecule has 160 valence electrons. The summed E-state index contributed by atoms with van der Waals surface area (Å²) in [6.45, 7) is 12.5. The zero-order valence-corrected chi connectivity index (χ0v) is 18.8. The van der Waals surface area contributed by atoms with Gasteiger partial charge in [-0.15, -0.1) is 0 Å². The molecular weight excluding hydrogens is 392 g/mol. The third-order valence-corrected chi connectivity index (χ3v) is 7.22. The van der Waals surface area contributed by atoms with Crippen LogP contribution in [-0.2, 0) is 15.6 Å². The van der Waals surface area contributed by atoms with Gasteiger partial charge in [-0.3, -0.25) is 9.48 Å².